The maximum atomic E-state index is 12.3. The lowest BCUT2D eigenvalue weighted by Crippen LogP contribution is -2.24. The van der Waals surface area contributed by atoms with Gasteiger partial charge in [0.1, 0.15) is 5.75 Å². The molecule has 1 heterocycles. The molecule has 3 rings (SSSR count). The molecular formula is C24H32N2O2. The first-order chi connectivity index (χ1) is 13.7. The minimum Gasteiger partial charge on any atom is -0.426 e. The minimum absolute atomic E-state index is 0.0454. The topological polar surface area (TPSA) is 52.1 Å². The summed E-state index contributed by atoms with van der Waals surface area (Å²) < 4.78 is 5.58. The van der Waals surface area contributed by atoms with E-state index in [1.165, 1.54) is 31.2 Å². The molecule has 0 bridgehead atoms. The number of rotatable bonds is 8. The van der Waals surface area contributed by atoms with Gasteiger partial charge in [-0.25, -0.2) is 9.97 Å². The van der Waals surface area contributed by atoms with E-state index < -0.39 is 0 Å². The zero-order valence-electron chi connectivity index (χ0n) is 17.2. The van der Waals surface area contributed by atoms with Gasteiger partial charge in [0.15, 0.2) is 5.82 Å². The van der Waals surface area contributed by atoms with E-state index in [1.807, 2.05) is 36.7 Å². The molecule has 1 aromatic carbocycles. The molecule has 4 heteroatoms. The second-order valence-electron chi connectivity index (χ2n) is 8.13. The highest BCUT2D eigenvalue weighted by atomic mass is 16.5. The molecule has 0 amide bonds. The van der Waals surface area contributed by atoms with Crippen molar-refractivity contribution in [2.24, 2.45) is 11.8 Å². The molecule has 0 N–H and O–H groups in total. The zero-order chi connectivity index (χ0) is 19.8. The lowest BCUT2D eigenvalue weighted by molar-refractivity contribution is -0.140. The van der Waals surface area contributed by atoms with Crippen LogP contribution < -0.4 is 4.74 Å². The van der Waals surface area contributed by atoms with Crippen molar-refractivity contribution in [2.45, 2.75) is 71.6 Å². The molecule has 1 aromatic heterocycles. The van der Waals surface area contributed by atoms with E-state index in [1.54, 1.807) is 0 Å². The third-order valence-electron chi connectivity index (χ3n) is 5.70. The molecule has 0 aliphatic heterocycles. The minimum atomic E-state index is -0.0941. The van der Waals surface area contributed by atoms with Crippen LogP contribution in [0.25, 0.3) is 11.4 Å². The summed E-state index contributed by atoms with van der Waals surface area (Å²) in [4.78, 5) is 21.3. The Bertz CT molecular complexity index is 732. The van der Waals surface area contributed by atoms with Gasteiger partial charge < -0.3 is 4.74 Å². The van der Waals surface area contributed by atoms with Crippen LogP contribution in [0.5, 0.6) is 5.75 Å². The maximum absolute atomic E-state index is 12.3. The number of esters is 1. The van der Waals surface area contributed by atoms with Crippen LogP contribution in [0.2, 0.25) is 0 Å². The summed E-state index contributed by atoms with van der Waals surface area (Å²) in [5.74, 6) is 1.98. The molecular weight excluding hydrogens is 348 g/mol. The number of unbranched alkanes of at least 4 members (excludes halogenated alkanes) is 3. The Kier molecular flexibility index (Phi) is 7.58. The van der Waals surface area contributed by atoms with Gasteiger partial charge in [0, 0.05) is 18.0 Å². The van der Waals surface area contributed by atoms with E-state index in [0.717, 1.165) is 43.6 Å². The molecule has 1 fully saturated rings. The van der Waals surface area contributed by atoms with Crippen LogP contribution in [0.1, 0.15) is 70.8 Å². The van der Waals surface area contributed by atoms with Gasteiger partial charge in [-0.1, -0.05) is 33.1 Å². The van der Waals surface area contributed by atoms with Gasteiger partial charge in [0.25, 0.3) is 0 Å². The van der Waals surface area contributed by atoms with Gasteiger partial charge in [-0.3, -0.25) is 4.79 Å². The molecule has 150 valence electrons. The highest BCUT2D eigenvalue weighted by molar-refractivity contribution is 5.75. The number of aryl methyl sites for hydroxylation is 1. The lowest BCUT2D eigenvalue weighted by atomic mass is 9.83. The fourth-order valence-electron chi connectivity index (χ4n) is 3.76. The van der Waals surface area contributed by atoms with Crippen LogP contribution in [-0.4, -0.2) is 15.9 Å². The number of ether oxygens (including phenoxy) is 1. The normalized spacial score (nSPS) is 19.4. The third kappa shape index (κ3) is 5.88. The molecule has 0 saturated heterocycles. The first-order valence-corrected chi connectivity index (χ1v) is 10.8. The average molecular weight is 381 g/mol. The fraction of sp³-hybridized carbons (Fsp3) is 0.542. The van der Waals surface area contributed by atoms with Crippen molar-refractivity contribution < 1.29 is 9.53 Å². The lowest BCUT2D eigenvalue weighted by Gasteiger charge is -2.24. The van der Waals surface area contributed by atoms with Crippen LogP contribution in [0, 0.1) is 11.8 Å². The van der Waals surface area contributed by atoms with Gasteiger partial charge in [-0.2, -0.15) is 0 Å². The molecule has 1 aliphatic rings. The monoisotopic (exact) mass is 380 g/mol. The number of carbonyl (C=O) groups excluding carboxylic acids is 1. The molecule has 0 radical (unpaired) electrons. The Morgan fingerprint density at radius 1 is 1.00 bits per heavy atom. The van der Waals surface area contributed by atoms with Crippen molar-refractivity contribution in [2.75, 3.05) is 0 Å². The smallest absolute Gasteiger partial charge is 0.314 e. The predicted octanol–water partition coefficient (Wildman–Crippen LogP) is 6.00. The standard InChI is InChI=1S/C24H32N2O2/c1-3-4-5-6-7-19-16-25-23(26-17-19)20-12-14-22(15-13-20)28-24(27)21-10-8-18(2)9-11-21/h12-18,21H,3-11H2,1-2H3. The van der Waals surface area contributed by atoms with E-state index in [9.17, 15) is 4.79 Å². The van der Waals surface area contributed by atoms with Crippen molar-refractivity contribution in [1.82, 2.24) is 9.97 Å². The first-order valence-electron chi connectivity index (χ1n) is 10.8. The summed E-state index contributed by atoms with van der Waals surface area (Å²) in [6.45, 7) is 4.47. The number of nitrogens with zero attached hydrogens (tertiary/aromatic N) is 2. The molecule has 0 unspecified atom stereocenters. The second kappa shape index (κ2) is 10.4. The first kappa shape index (κ1) is 20.5. The molecule has 2 aromatic rings. The number of benzene rings is 1. The quantitative estimate of drug-likeness (QED) is 0.320. The summed E-state index contributed by atoms with van der Waals surface area (Å²) in [6, 6.07) is 7.50. The number of hydrogen-bond donors (Lipinski definition) is 0. The summed E-state index contributed by atoms with van der Waals surface area (Å²) in [5, 5.41) is 0. The highest BCUT2D eigenvalue weighted by Gasteiger charge is 2.25. The van der Waals surface area contributed by atoms with E-state index >= 15 is 0 Å². The predicted molar refractivity (Wildman–Crippen MR) is 112 cm³/mol. The molecule has 4 nitrogen and oxygen atoms in total. The molecule has 0 atom stereocenters. The van der Waals surface area contributed by atoms with Crippen molar-refractivity contribution in [3.63, 3.8) is 0 Å². The van der Waals surface area contributed by atoms with Crippen molar-refractivity contribution in [3.8, 4) is 17.1 Å². The maximum Gasteiger partial charge on any atom is 0.314 e. The molecule has 1 aliphatic carbocycles. The van der Waals surface area contributed by atoms with Crippen LogP contribution >= 0.6 is 0 Å². The molecule has 1 saturated carbocycles. The Balaban J connectivity index is 1.53. The summed E-state index contributed by atoms with van der Waals surface area (Å²) in [7, 11) is 0. The van der Waals surface area contributed by atoms with Gasteiger partial charge >= 0.3 is 5.97 Å². The fourth-order valence-corrected chi connectivity index (χ4v) is 3.76. The van der Waals surface area contributed by atoms with E-state index in [0.29, 0.717) is 11.6 Å². The molecule has 28 heavy (non-hydrogen) atoms. The Labute approximate surface area is 168 Å². The van der Waals surface area contributed by atoms with Crippen LogP contribution in [0.4, 0.5) is 0 Å². The Hall–Kier alpha value is -2.23. The largest absolute Gasteiger partial charge is 0.426 e. The van der Waals surface area contributed by atoms with Gasteiger partial charge in [-0.15, -0.1) is 0 Å². The van der Waals surface area contributed by atoms with Crippen LogP contribution in [-0.2, 0) is 11.2 Å². The zero-order valence-corrected chi connectivity index (χ0v) is 17.2. The van der Waals surface area contributed by atoms with Crippen LogP contribution in [0.15, 0.2) is 36.7 Å². The number of hydrogen-bond acceptors (Lipinski definition) is 4. The van der Waals surface area contributed by atoms with E-state index in [4.69, 9.17) is 4.74 Å². The van der Waals surface area contributed by atoms with Gasteiger partial charge in [0.05, 0.1) is 5.92 Å². The number of aromatic nitrogens is 2. The van der Waals surface area contributed by atoms with Gasteiger partial charge in [-0.05, 0) is 74.3 Å². The highest BCUT2D eigenvalue weighted by Crippen LogP contribution is 2.30. The third-order valence-corrected chi connectivity index (χ3v) is 5.70. The van der Waals surface area contributed by atoms with E-state index in [-0.39, 0.29) is 11.9 Å². The van der Waals surface area contributed by atoms with Crippen molar-refractivity contribution >= 4 is 5.97 Å². The summed E-state index contributed by atoms with van der Waals surface area (Å²) in [6.07, 6.45) is 14.0. The summed E-state index contributed by atoms with van der Waals surface area (Å²) in [5.41, 5.74) is 2.12. The van der Waals surface area contributed by atoms with E-state index in [2.05, 4.69) is 23.8 Å². The Morgan fingerprint density at radius 3 is 2.32 bits per heavy atom. The van der Waals surface area contributed by atoms with Crippen molar-refractivity contribution in [1.29, 1.82) is 0 Å². The Morgan fingerprint density at radius 2 is 1.68 bits per heavy atom. The SMILES string of the molecule is CCCCCCc1cnc(-c2ccc(OC(=O)C3CCC(C)CC3)cc2)nc1. The number of carbonyl (C=O) groups is 1. The van der Waals surface area contributed by atoms with Gasteiger partial charge in [0.2, 0.25) is 0 Å². The molecule has 0 spiro atoms. The summed E-state index contributed by atoms with van der Waals surface area (Å²) >= 11 is 0. The van der Waals surface area contributed by atoms with Crippen molar-refractivity contribution in [3.05, 3.63) is 42.2 Å². The second-order valence-corrected chi connectivity index (χ2v) is 8.13. The average Bonchev–Trinajstić information content (AvgIpc) is 2.73. The van der Waals surface area contributed by atoms with Crippen LogP contribution in [0.3, 0.4) is 0 Å².